The van der Waals surface area contributed by atoms with E-state index in [0.29, 0.717) is 5.92 Å². The topological polar surface area (TPSA) is 0 Å². The largest absolute Gasteiger partial charge is 0.207 e. The number of hydrogen-bond acceptors (Lipinski definition) is 0. The molecule has 2 aromatic carbocycles. The highest BCUT2D eigenvalue weighted by molar-refractivity contribution is 9.10. The van der Waals surface area contributed by atoms with Gasteiger partial charge in [-0.2, -0.15) is 0 Å². The van der Waals surface area contributed by atoms with Crippen molar-refractivity contribution in [3.05, 3.63) is 68.4 Å². The Morgan fingerprint density at radius 1 is 1.15 bits per heavy atom. The van der Waals surface area contributed by atoms with E-state index in [0.717, 1.165) is 29.3 Å². The normalized spacial score (nSPS) is 17.3. The van der Waals surface area contributed by atoms with Crippen molar-refractivity contribution < 1.29 is 4.39 Å². The first-order valence-corrected chi connectivity index (χ1v) is 7.88. The monoisotopic (exact) mass is 332 g/mol. The molecule has 0 fully saturated rings. The fraction of sp³-hybridized carbons (Fsp3) is 0.333. The molecule has 20 heavy (non-hydrogen) atoms. The smallest absolute Gasteiger partial charge is 0.127 e. The summed E-state index contributed by atoms with van der Waals surface area (Å²) in [6.45, 7) is 4.26. The second-order valence-electron chi connectivity index (χ2n) is 5.78. The Kier molecular flexibility index (Phi) is 3.68. The highest BCUT2D eigenvalue weighted by Gasteiger charge is 2.27. The molecule has 0 heterocycles. The molecule has 1 aliphatic rings. The van der Waals surface area contributed by atoms with Gasteiger partial charge in [0, 0.05) is 4.47 Å². The van der Waals surface area contributed by atoms with Crippen LogP contribution in [0.2, 0.25) is 0 Å². The fourth-order valence-electron chi connectivity index (χ4n) is 3.19. The minimum absolute atomic E-state index is 0.0467. The van der Waals surface area contributed by atoms with Crippen molar-refractivity contribution in [1.82, 2.24) is 0 Å². The number of aryl methyl sites for hydroxylation is 2. The molecule has 0 aromatic heterocycles. The molecule has 0 aliphatic heterocycles. The van der Waals surface area contributed by atoms with E-state index in [1.807, 2.05) is 6.07 Å². The van der Waals surface area contributed by atoms with Crippen LogP contribution in [0.5, 0.6) is 0 Å². The Balaban J connectivity index is 1.92. The molecule has 0 saturated heterocycles. The number of benzene rings is 2. The minimum Gasteiger partial charge on any atom is -0.207 e. The molecule has 0 radical (unpaired) electrons. The van der Waals surface area contributed by atoms with Crippen LogP contribution in [0.4, 0.5) is 4.39 Å². The highest BCUT2D eigenvalue weighted by Crippen LogP contribution is 2.40. The molecule has 0 saturated carbocycles. The lowest BCUT2D eigenvalue weighted by molar-refractivity contribution is 0.579. The standard InChI is InChI=1S/C18H18BrF/c1-11-3-4-13(9-12(11)2)10-14-5-6-15-16(19)7-8-17(20)18(14)15/h3-4,7-9,14H,5-6,10H2,1-2H3. The van der Waals surface area contributed by atoms with Crippen LogP contribution in [0.15, 0.2) is 34.8 Å². The molecule has 0 nitrogen and oxygen atoms in total. The van der Waals surface area contributed by atoms with Crippen molar-refractivity contribution in [1.29, 1.82) is 0 Å². The Morgan fingerprint density at radius 3 is 2.70 bits per heavy atom. The van der Waals surface area contributed by atoms with Gasteiger partial charge in [-0.15, -0.1) is 0 Å². The van der Waals surface area contributed by atoms with E-state index in [4.69, 9.17) is 0 Å². The second kappa shape index (κ2) is 5.33. The minimum atomic E-state index is -0.0467. The van der Waals surface area contributed by atoms with E-state index < -0.39 is 0 Å². The molecule has 1 unspecified atom stereocenters. The van der Waals surface area contributed by atoms with E-state index in [9.17, 15) is 4.39 Å². The molecular formula is C18H18BrF. The van der Waals surface area contributed by atoms with Gasteiger partial charge in [0.2, 0.25) is 0 Å². The van der Waals surface area contributed by atoms with Crippen molar-refractivity contribution in [3.8, 4) is 0 Å². The lowest BCUT2D eigenvalue weighted by atomic mass is 9.92. The molecule has 0 amide bonds. The third kappa shape index (κ3) is 2.42. The first-order chi connectivity index (χ1) is 9.56. The Hall–Kier alpha value is -1.15. The summed E-state index contributed by atoms with van der Waals surface area (Å²) < 4.78 is 15.2. The lowest BCUT2D eigenvalue weighted by Crippen LogP contribution is -2.02. The SMILES string of the molecule is Cc1ccc(CC2CCc3c(Br)ccc(F)c32)cc1C. The summed E-state index contributed by atoms with van der Waals surface area (Å²) in [6, 6.07) is 9.99. The Morgan fingerprint density at radius 2 is 1.95 bits per heavy atom. The van der Waals surface area contributed by atoms with Gasteiger partial charge in [-0.1, -0.05) is 34.1 Å². The molecule has 2 heteroatoms. The van der Waals surface area contributed by atoms with Crippen molar-refractivity contribution in [3.63, 3.8) is 0 Å². The maximum atomic E-state index is 14.1. The molecular weight excluding hydrogens is 315 g/mol. The number of fused-ring (bicyclic) bond motifs is 1. The van der Waals surface area contributed by atoms with Crippen LogP contribution in [0.3, 0.4) is 0 Å². The van der Waals surface area contributed by atoms with E-state index in [-0.39, 0.29) is 5.82 Å². The van der Waals surface area contributed by atoms with Gasteiger partial charge < -0.3 is 0 Å². The first-order valence-electron chi connectivity index (χ1n) is 7.09. The van der Waals surface area contributed by atoms with Crippen LogP contribution in [-0.4, -0.2) is 0 Å². The molecule has 0 N–H and O–H groups in total. The van der Waals surface area contributed by atoms with Crippen LogP contribution >= 0.6 is 15.9 Å². The molecule has 3 rings (SSSR count). The van der Waals surface area contributed by atoms with Gasteiger partial charge in [0.15, 0.2) is 0 Å². The average molecular weight is 333 g/mol. The van der Waals surface area contributed by atoms with Gasteiger partial charge in [-0.25, -0.2) is 4.39 Å². The quantitative estimate of drug-likeness (QED) is 0.683. The first kappa shape index (κ1) is 13.8. The summed E-state index contributed by atoms with van der Waals surface area (Å²) in [4.78, 5) is 0. The number of rotatable bonds is 2. The van der Waals surface area contributed by atoms with Gasteiger partial charge >= 0.3 is 0 Å². The van der Waals surface area contributed by atoms with Crippen LogP contribution in [0, 0.1) is 19.7 Å². The average Bonchev–Trinajstić information content (AvgIpc) is 2.83. The van der Waals surface area contributed by atoms with E-state index in [2.05, 4.69) is 48.0 Å². The molecule has 0 spiro atoms. The second-order valence-corrected chi connectivity index (χ2v) is 6.63. The maximum absolute atomic E-state index is 14.1. The summed E-state index contributed by atoms with van der Waals surface area (Å²) in [6.07, 6.45) is 2.95. The predicted molar refractivity (Wildman–Crippen MR) is 84.8 cm³/mol. The highest BCUT2D eigenvalue weighted by atomic mass is 79.9. The zero-order valence-electron chi connectivity index (χ0n) is 11.8. The zero-order valence-corrected chi connectivity index (χ0v) is 13.4. The van der Waals surface area contributed by atoms with Gasteiger partial charge in [0.05, 0.1) is 0 Å². The number of halogens is 2. The van der Waals surface area contributed by atoms with Crippen LogP contribution in [0.1, 0.15) is 40.2 Å². The van der Waals surface area contributed by atoms with Gasteiger partial charge in [-0.3, -0.25) is 0 Å². The third-order valence-electron chi connectivity index (χ3n) is 4.45. The van der Waals surface area contributed by atoms with E-state index in [1.54, 1.807) is 6.07 Å². The van der Waals surface area contributed by atoms with Gasteiger partial charge in [-0.05, 0) is 79.0 Å². The van der Waals surface area contributed by atoms with Crippen molar-refractivity contribution in [2.45, 2.75) is 39.0 Å². The zero-order chi connectivity index (χ0) is 14.3. The molecule has 1 atom stereocenters. The van der Waals surface area contributed by atoms with Gasteiger partial charge in [0.1, 0.15) is 5.82 Å². The summed E-state index contributed by atoms with van der Waals surface area (Å²) in [7, 11) is 0. The van der Waals surface area contributed by atoms with E-state index >= 15 is 0 Å². The number of hydrogen-bond donors (Lipinski definition) is 0. The summed E-state index contributed by atoms with van der Waals surface area (Å²) in [5.41, 5.74) is 6.03. The van der Waals surface area contributed by atoms with Crippen LogP contribution in [-0.2, 0) is 12.8 Å². The van der Waals surface area contributed by atoms with Crippen LogP contribution < -0.4 is 0 Å². The summed E-state index contributed by atoms with van der Waals surface area (Å²) in [5.74, 6) is 0.263. The third-order valence-corrected chi connectivity index (χ3v) is 5.19. The Labute approximate surface area is 128 Å². The van der Waals surface area contributed by atoms with E-state index in [1.165, 1.54) is 22.3 Å². The summed E-state index contributed by atoms with van der Waals surface area (Å²) in [5, 5.41) is 0. The van der Waals surface area contributed by atoms with Crippen molar-refractivity contribution in [2.75, 3.05) is 0 Å². The fourth-order valence-corrected chi connectivity index (χ4v) is 3.73. The van der Waals surface area contributed by atoms with Gasteiger partial charge in [0.25, 0.3) is 0 Å². The Bertz CT molecular complexity index is 661. The summed E-state index contributed by atoms with van der Waals surface area (Å²) >= 11 is 3.55. The molecule has 1 aliphatic carbocycles. The predicted octanol–water partition coefficient (Wildman–Crippen LogP) is 5.48. The lowest BCUT2D eigenvalue weighted by Gasteiger charge is -2.14. The molecule has 0 bridgehead atoms. The molecule has 104 valence electrons. The maximum Gasteiger partial charge on any atom is 0.127 e. The van der Waals surface area contributed by atoms with Crippen molar-refractivity contribution in [2.24, 2.45) is 0 Å². The van der Waals surface area contributed by atoms with Crippen molar-refractivity contribution >= 4 is 15.9 Å². The molecule has 2 aromatic rings. The van der Waals surface area contributed by atoms with Crippen LogP contribution in [0.25, 0.3) is 0 Å².